The highest BCUT2D eigenvalue weighted by atomic mass is 79.9. The second-order valence-corrected chi connectivity index (χ2v) is 5.44. The molecule has 0 aromatic heterocycles. The lowest BCUT2D eigenvalue weighted by atomic mass is 10.1. The summed E-state index contributed by atoms with van der Waals surface area (Å²) in [5.41, 5.74) is 3.05. The Balaban J connectivity index is 2.20. The van der Waals surface area contributed by atoms with Crippen molar-refractivity contribution in [3.8, 4) is 0 Å². The maximum absolute atomic E-state index is 13.3. The largest absolute Gasteiger partial charge is 0.322 e. The minimum Gasteiger partial charge on any atom is -0.322 e. The molecule has 104 valence electrons. The van der Waals surface area contributed by atoms with Crippen LogP contribution in [-0.4, -0.2) is 5.91 Å². The Morgan fingerprint density at radius 3 is 2.50 bits per heavy atom. The number of hydrogen-bond donors (Lipinski definition) is 1. The van der Waals surface area contributed by atoms with Crippen LogP contribution in [0.5, 0.6) is 0 Å². The molecule has 0 radical (unpaired) electrons. The highest BCUT2D eigenvalue weighted by Gasteiger charge is 2.10. The standard InChI is InChI=1S/C16H15BrFNO/c1-3-11-4-6-12(7-5-11)16(20)19-15-9-13(17)14(18)8-10(15)2/h4-9H,3H2,1-2H3,(H,19,20). The number of rotatable bonds is 3. The summed E-state index contributed by atoms with van der Waals surface area (Å²) in [6, 6.07) is 10.4. The number of anilines is 1. The molecule has 0 saturated carbocycles. The van der Waals surface area contributed by atoms with Crippen molar-refractivity contribution in [2.45, 2.75) is 20.3 Å². The van der Waals surface area contributed by atoms with Gasteiger partial charge in [0.15, 0.2) is 0 Å². The molecule has 2 aromatic carbocycles. The van der Waals surface area contributed by atoms with E-state index in [0.29, 0.717) is 21.3 Å². The van der Waals surface area contributed by atoms with Gasteiger partial charge in [-0.1, -0.05) is 19.1 Å². The zero-order chi connectivity index (χ0) is 14.7. The van der Waals surface area contributed by atoms with Gasteiger partial charge < -0.3 is 5.32 Å². The van der Waals surface area contributed by atoms with Crippen molar-refractivity contribution in [3.63, 3.8) is 0 Å². The summed E-state index contributed by atoms with van der Waals surface area (Å²) in [6.45, 7) is 3.82. The number of halogens is 2. The van der Waals surface area contributed by atoms with E-state index in [-0.39, 0.29) is 11.7 Å². The molecule has 20 heavy (non-hydrogen) atoms. The fourth-order valence-electron chi connectivity index (χ4n) is 1.87. The Morgan fingerprint density at radius 1 is 1.25 bits per heavy atom. The number of hydrogen-bond acceptors (Lipinski definition) is 1. The maximum Gasteiger partial charge on any atom is 0.255 e. The number of carbonyl (C=O) groups excluding carboxylic acids is 1. The van der Waals surface area contributed by atoms with Crippen molar-refractivity contribution in [2.75, 3.05) is 5.32 Å². The highest BCUT2D eigenvalue weighted by Crippen LogP contribution is 2.24. The van der Waals surface area contributed by atoms with Gasteiger partial charge in [0.2, 0.25) is 0 Å². The molecule has 0 atom stereocenters. The smallest absolute Gasteiger partial charge is 0.255 e. The summed E-state index contributed by atoms with van der Waals surface area (Å²) in [7, 11) is 0. The summed E-state index contributed by atoms with van der Waals surface area (Å²) in [6.07, 6.45) is 0.936. The van der Waals surface area contributed by atoms with E-state index >= 15 is 0 Å². The van der Waals surface area contributed by atoms with Crippen LogP contribution < -0.4 is 5.32 Å². The Labute approximate surface area is 126 Å². The van der Waals surface area contributed by atoms with E-state index in [9.17, 15) is 9.18 Å². The van der Waals surface area contributed by atoms with Crippen LogP contribution >= 0.6 is 15.9 Å². The molecular formula is C16H15BrFNO. The van der Waals surface area contributed by atoms with Crippen LogP contribution in [-0.2, 0) is 6.42 Å². The van der Waals surface area contributed by atoms with E-state index in [2.05, 4.69) is 28.2 Å². The molecule has 0 aliphatic heterocycles. The van der Waals surface area contributed by atoms with E-state index < -0.39 is 0 Å². The number of amides is 1. The summed E-state index contributed by atoms with van der Waals surface area (Å²) < 4.78 is 13.7. The molecule has 1 N–H and O–H groups in total. The molecule has 0 spiro atoms. The molecule has 0 fully saturated rings. The molecule has 2 aromatic rings. The van der Waals surface area contributed by atoms with Crippen LogP contribution in [0.25, 0.3) is 0 Å². The third-order valence-corrected chi connectivity index (χ3v) is 3.75. The third-order valence-electron chi connectivity index (χ3n) is 3.14. The minimum atomic E-state index is -0.340. The summed E-state index contributed by atoms with van der Waals surface area (Å²) >= 11 is 3.12. The van der Waals surface area contributed by atoms with Gasteiger partial charge in [0.05, 0.1) is 4.47 Å². The van der Waals surface area contributed by atoms with E-state index in [1.54, 1.807) is 25.1 Å². The second kappa shape index (κ2) is 6.18. The van der Waals surface area contributed by atoms with Crippen LogP contribution in [0.2, 0.25) is 0 Å². The van der Waals surface area contributed by atoms with Gasteiger partial charge in [0.25, 0.3) is 5.91 Å². The molecule has 0 aliphatic carbocycles. The molecule has 0 saturated heterocycles. The van der Waals surface area contributed by atoms with Crippen LogP contribution in [0.3, 0.4) is 0 Å². The van der Waals surface area contributed by atoms with E-state index in [1.807, 2.05) is 12.1 Å². The van der Waals surface area contributed by atoms with E-state index in [0.717, 1.165) is 6.42 Å². The van der Waals surface area contributed by atoms with E-state index in [1.165, 1.54) is 11.6 Å². The van der Waals surface area contributed by atoms with Crippen molar-refractivity contribution >= 4 is 27.5 Å². The zero-order valence-corrected chi connectivity index (χ0v) is 12.9. The monoisotopic (exact) mass is 335 g/mol. The Morgan fingerprint density at radius 2 is 1.90 bits per heavy atom. The molecule has 4 heteroatoms. The minimum absolute atomic E-state index is 0.200. The van der Waals surface area contributed by atoms with Gasteiger partial charge in [-0.2, -0.15) is 0 Å². The maximum atomic E-state index is 13.3. The van der Waals surface area contributed by atoms with Crippen LogP contribution in [0, 0.1) is 12.7 Å². The molecule has 1 amide bonds. The number of nitrogens with one attached hydrogen (secondary N) is 1. The molecule has 0 unspecified atom stereocenters. The van der Waals surface area contributed by atoms with Crippen LogP contribution in [0.1, 0.15) is 28.4 Å². The third kappa shape index (κ3) is 3.25. The predicted octanol–water partition coefficient (Wildman–Crippen LogP) is 4.71. The molecule has 0 bridgehead atoms. The normalized spacial score (nSPS) is 10.4. The molecular weight excluding hydrogens is 321 g/mol. The zero-order valence-electron chi connectivity index (χ0n) is 11.3. The van der Waals surface area contributed by atoms with Crippen molar-refractivity contribution in [1.29, 1.82) is 0 Å². The van der Waals surface area contributed by atoms with Gasteiger partial charge in [-0.25, -0.2) is 4.39 Å². The molecule has 0 heterocycles. The fraction of sp³-hybridized carbons (Fsp3) is 0.188. The number of benzene rings is 2. The average Bonchev–Trinajstić information content (AvgIpc) is 2.44. The first-order chi connectivity index (χ1) is 9.51. The van der Waals surface area contributed by atoms with Crippen LogP contribution in [0.4, 0.5) is 10.1 Å². The lowest BCUT2D eigenvalue weighted by Crippen LogP contribution is -2.13. The van der Waals surface area contributed by atoms with Gasteiger partial charge >= 0.3 is 0 Å². The van der Waals surface area contributed by atoms with Gasteiger partial charge in [-0.05, 0) is 64.7 Å². The summed E-state index contributed by atoms with van der Waals surface area (Å²) in [5, 5.41) is 2.80. The van der Waals surface area contributed by atoms with Crippen molar-refractivity contribution in [2.24, 2.45) is 0 Å². The van der Waals surface area contributed by atoms with Gasteiger partial charge in [0, 0.05) is 11.3 Å². The Bertz CT molecular complexity index is 638. The van der Waals surface area contributed by atoms with Crippen molar-refractivity contribution < 1.29 is 9.18 Å². The topological polar surface area (TPSA) is 29.1 Å². The average molecular weight is 336 g/mol. The predicted molar refractivity (Wildman–Crippen MR) is 82.6 cm³/mol. The first-order valence-corrected chi connectivity index (χ1v) is 7.16. The fourth-order valence-corrected chi connectivity index (χ4v) is 2.21. The first kappa shape index (κ1) is 14.7. The summed E-state index contributed by atoms with van der Waals surface area (Å²) in [4.78, 5) is 12.1. The van der Waals surface area contributed by atoms with Crippen molar-refractivity contribution in [1.82, 2.24) is 0 Å². The Hall–Kier alpha value is -1.68. The molecule has 2 nitrogen and oxygen atoms in total. The molecule has 2 rings (SSSR count). The van der Waals surface area contributed by atoms with Crippen LogP contribution in [0.15, 0.2) is 40.9 Å². The second-order valence-electron chi connectivity index (χ2n) is 4.59. The van der Waals surface area contributed by atoms with Crippen molar-refractivity contribution in [3.05, 3.63) is 63.4 Å². The van der Waals surface area contributed by atoms with Gasteiger partial charge in [0.1, 0.15) is 5.82 Å². The van der Waals surface area contributed by atoms with Gasteiger partial charge in [-0.3, -0.25) is 4.79 Å². The lowest BCUT2D eigenvalue weighted by molar-refractivity contribution is 0.102. The lowest BCUT2D eigenvalue weighted by Gasteiger charge is -2.10. The summed E-state index contributed by atoms with van der Waals surface area (Å²) in [5.74, 6) is -0.540. The Kier molecular flexibility index (Phi) is 4.55. The van der Waals surface area contributed by atoms with E-state index in [4.69, 9.17) is 0 Å². The van der Waals surface area contributed by atoms with Gasteiger partial charge in [-0.15, -0.1) is 0 Å². The highest BCUT2D eigenvalue weighted by molar-refractivity contribution is 9.10. The number of carbonyl (C=O) groups is 1. The quantitative estimate of drug-likeness (QED) is 0.864. The SMILES string of the molecule is CCc1ccc(C(=O)Nc2cc(Br)c(F)cc2C)cc1. The number of aryl methyl sites for hydroxylation is 2. The molecule has 0 aliphatic rings. The first-order valence-electron chi connectivity index (χ1n) is 6.37.